The van der Waals surface area contributed by atoms with E-state index >= 15 is 0 Å². The first-order valence-electron chi connectivity index (χ1n) is 6.92. The summed E-state index contributed by atoms with van der Waals surface area (Å²) in [6.07, 6.45) is 1.31. The summed E-state index contributed by atoms with van der Waals surface area (Å²) >= 11 is 0. The van der Waals surface area contributed by atoms with Gasteiger partial charge in [0.05, 0.1) is 12.4 Å². The van der Waals surface area contributed by atoms with Crippen LogP contribution in [-0.2, 0) is 4.52 Å². The van der Waals surface area contributed by atoms with Crippen LogP contribution in [0.5, 0.6) is 0 Å². The Kier molecular flexibility index (Phi) is 5.28. The monoisotopic (exact) mass is 271 g/mol. The Morgan fingerprint density at radius 1 is 1.50 bits per heavy atom. The molecule has 0 amide bonds. The first-order chi connectivity index (χ1) is 8.70. The van der Waals surface area contributed by atoms with Crippen molar-refractivity contribution in [1.29, 1.82) is 0 Å². The minimum absolute atomic E-state index is 0.548. The smallest absolute Gasteiger partial charge is 0.0966 e. The standard InChI is InChI=1S/C13H26N3OP/c1-11(10-17-18)8-15-5-6-16(12(15)2)9-13-3-4-14-7-13/h11,13-14H,2-10,18H2,1H3. The van der Waals surface area contributed by atoms with Crippen LogP contribution in [0.25, 0.3) is 0 Å². The highest BCUT2D eigenvalue weighted by Gasteiger charge is 2.27. The van der Waals surface area contributed by atoms with E-state index in [1.54, 1.807) is 0 Å². The quantitative estimate of drug-likeness (QED) is 0.733. The fourth-order valence-electron chi connectivity index (χ4n) is 2.87. The van der Waals surface area contributed by atoms with E-state index in [-0.39, 0.29) is 0 Å². The zero-order valence-corrected chi connectivity index (χ0v) is 12.6. The second-order valence-electron chi connectivity index (χ2n) is 5.61. The lowest BCUT2D eigenvalue weighted by atomic mass is 10.1. The number of nitrogens with zero attached hydrogens (tertiary/aromatic N) is 2. The van der Waals surface area contributed by atoms with Gasteiger partial charge >= 0.3 is 0 Å². The SMILES string of the molecule is C=C1N(CC(C)COP)CCN1CC1CCNC1. The summed E-state index contributed by atoms with van der Waals surface area (Å²) in [6.45, 7) is 14.1. The fraction of sp³-hybridized carbons (Fsp3) is 0.846. The molecule has 0 aromatic heterocycles. The van der Waals surface area contributed by atoms with E-state index in [4.69, 9.17) is 4.52 Å². The summed E-state index contributed by atoms with van der Waals surface area (Å²) in [5.41, 5.74) is 0. The lowest BCUT2D eigenvalue weighted by Gasteiger charge is -2.27. The van der Waals surface area contributed by atoms with Crippen molar-refractivity contribution in [2.45, 2.75) is 13.3 Å². The van der Waals surface area contributed by atoms with Crippen LogP contribution < -0.4 is 5.32 Å². The van der Waals surface area contributed by atoms with Crippen LogP contribution in [0.15, 0.2) is 12.4 Å². The van der Waals surface area contributed by atoms with Crippen LogP contribution in [0.2, 0.25) is 0 Å². The molecular weight excluding hydrogens is 245 g/mol. The minimum Gasteiger partial charge on any atom is -0.365 e. The van der Waals surface area contributed by atoms with Crippen LogP contribution in [0.4, 0.5) is 0 Å². The van der Waals surface area contributed by atoms with Crippen molar-refractivity contribution in [3.8, 4) is 0 Å². The Bertz CT molecular complexity index is 281. The molecule has 104 valence electrons. The second-order valence-corrected chi connectivity index (χ2v) is 5.94. The van der Waals surface area contributed by atoms with Crippen molar-refractivity contribution in [2.24, 2.45) is 11.8 Å². The minimum atomic E-state index is 0.548. The Labute approximate surface area is 113 Å². The zero-order valence-electron chi connectivity index (χ0n) is 11.4. The van der Waals surface area contributed by atoms with Gasteiger partial charge in [-0.05, 0) is 31.3 Å². The fourth-order valence-corrected chi connectivity index (χ4v) is 3.20. The molecule has 2 saturated heterocycles. The molecule has 0 spiro atoms. The second kappa shape index (κ2) is 6.74. The van der Waals surface area contributed by atoms with E-state index in [0.29, 0.717) is 5.92 Å². The lowest BCUT2D eigenvalue weighted by molar-refractivity contribution is 0.233. The third-order valence-corrected chi connectivity index (χ3v) is 4.12. The van der Waals surface area contributed by atoms with Gasteiger partial charge in [-0.2, -0.15) is 0 Å². The topological polar surface area (TPSA) is 27.7 Å². The summed E-state index contributed by atoms with van der Waals surface area (Å²) in [6, 6.07) is 0. The largest absolute Gasteiger partial charge is 0.365 e. The Balaban J connectivity index is 1.77. The van der Waals surface area contributed by atoms with Gasteiger partial charge in [-0.15, -0.1) is 0 Å². The molecule has 4 nitrogen and oxygen atoms in total. The third-order valence-electron chi connectivity index (χ3n) is 3.92. The summed E-state index contributed by atoms with van der Waals surface area (Å²) in [5, 5.41) is 3.43. The van der Waals surface area contributed by atoms with Gasteiger partial charge in [-0.1, -0.05) is 13.5 Å². The molecule has 18 heavy (non-hydrogen) atoms. The van der Waals surface area contributed by atoms with Crippen LogP contribution in [0, 0.1) is 11.8 Å². The normalized spacial score (nSPS) is 26.1. The number of hydrogen-bond acceptors (Lipinski definition) is 4. The van der Waals surface area contributed by atoms with Crippen molar-refractivity contribution in [3.63, 3.8) is 0 Å². The molecule has 2 fully saturated rings. The molecule has 0 aromatic rings. The van der Waals surface area contributed by atoms with E-state index in [9.17, 15) is 0 Å². The zero-order chi connectivity index (χ0) is 13.0. The molecule has 1 N–H and O–H groups in total. The highest BCUT2D eigenvalue weighted by Crippen LogP contribution is 2.21. The first kappa shape index (κ1) is 14.1. The van der Waals surface area contributed by atoms with E-state index < -0.39 is 0 Å². The Morgan fingerprint density at radius 2 is 2.28 bits per heavy atom. The van der Waals surface area contributed by atoms with Gasteiger partial charge in [0.25, 0.3) is 0 Å². The van der Waals surface area contributed by atoms with Crippen LogP contribution in [-0.4, -0.2) is 55.7 Å². The Morgan fingerprint density at radius 3 is 2.94 bits per heavy atom. The maximum absolute atomic E-state index is 5.12. The highest BCUT2D eigenvalue weighted by molar-refractivity contribution is 7.09. The van der Waals surface area contributed by atoms with Crippen LogP contribution in [0.3, 0.4) is 0 Å². The van der Waals surface area contributed by atoms with Crippen molar-refractivity contribution in [3.05, 3.63) is 12.4 Å². The summed E-state index contributed by atoms with van der Waals surface area (Å²) in [4.78, 5) is 4.85. The number of nitrogens with one attached hydrogen (secondary N) is 1. The van der Waals surface area contributed by atoms with E-state index in [2.05, 4.69) is 38.1 Å². The lowest BCUT2D eigenvalue weighted by Crippen LogP contribution is -2.30. The molecule has 5 heteroatoms. The van der Waals surface area contributed by atoms with Crippen LogP contribution >= 0.6 is 9.47 Å². The van der Waals surface area contributed by atoms with Crippen molar-refractivity contribution in [2.75, 3.05) is 45.9 Å². The molecule has 0 aliphatic carbocycles. The summed E-state index contributed by atoms with van der Waals surface area (Å²) in [7, 11) is 2.33. The molecule has 0 aromatic carbocycles. The van der Waals surface area contributed by atoms with Gasteiger partial charge in [0.15, 0.2) is 0 Å². The molecule has 0 saturated carbocycles. The maximum Gasteiger partial charge on any atom is 0.0966 e. The average Bonchev–Trinajstić information content (AvgIpc) is 2.95. The number of hydrogen-bond donors (Lipinski definition) is 1. The van der Waals surface area contributed by atoms with Gasteiger partial charge in [0.1, 0.15) is 0 Å². The molecule has 0 bridgehead atoms. The summed E-state index contributed by atoms with van der Waals surface area (Å²) in [5.74, 6) is 2.55. The average molecular weight is 271 g/mol. The van der Waals surface area contributed by atoms with Gasteiger partial charge in [-0.25, -0.2) is 0 Å². The predicted molar refractivity (Wildman–Crippen MR) is 78.1 cm³/mol. The van der Waals surface area contributed by atoms with Gasteiger partial charge < -0.3 is 19.6 Å². The number of rotatable bonds is 6. The molecule has 0 radical (unpaired) electrons. The highest BCUT2D eigenvalue weighted by atomic mass is 31.0. The summed E-state index contributed by atoms with van der Waals surface area (Å²) < 4.78 is 5.12. The van der Waals surface area contributed by atoms with Gasteiger partial charge in [-0.3, -0.25) is 0 Å². The van der Waals surface area contributed by atoms with Gasteiger partial charge in [0.2, 0.25) is 0 Å². The van der Waals surface area contributed by atoms with Crippen molar-refractivity contribution < 1.29 is 4.52 Å². The molecule has 2 rings (SSSR count). The van der Waals surface area contributed by atoms with E-state index in [0.717, 1.165) is 38.7 Å². The van der Waals surface area contributed by atoms with Crippen molar-refractivity contribution >= 4 is 9.47 Å². The third kappa shape index (κ3) is 3.59. The molecule has 2 heterocycles. The predicted octanol–water partition coefficient (Wildman–Crippen LogP) is 1.13. The molecule has 3 atom stereocenters. The van der Waals surface area contributed by atoms with Crippen LogP contribution in [0.1, 0.15) is 13.3 Å². The maximum atomic E-state index is 5.12. The van der Waals surface area contributed by atoms with Crippen molar-refractivity contribution in [1.82, 2.24) is 15.1 Å². The van der Waals surface area contributed by atoms with E-state index in [1.807, 2.05) is 0 Å². The first-order valence-corrected chi connectivity index (χ1v) is 7.39. The van der Waals surface area contributed by atoms with E-state index in [1.165, 1.54) is 25.3 Å². The van der Waals surface area contributed by atoms with Gasteiger partial charge in [0, 0.05) is 35.6 Å². The molecular formula is C13H26N3OP. The molecule has 2 aliphatic rings. The Hall–Kier alpha value is -0.310. The molecule has 2 aliphatic heterocycles. The molecule has 3 unspecified atom stereocenters.